The highest BCUT2D eigenvalue weighted by Gasteiger charge is 2.26. The van der Waals surface area contributed by atoms with Crippen molar-refractivity contribution in [3.05, 3.63) is 23.5 Å². The Balaban J connectivity index is 2.34. The van der Waals surface area contributed by atoms with Crippen LogP contribution >= 0.6 is 0 Å². The van der Waals surface area contributed by atoms with Gasteiger partial charge < -0.3 is 5.73 Å². The summed E-state index contributed by atoms with van der Waals surface area (Å²) < 4.78 is 40.9. The number of nitrogen functional groups attached to an aromatic ring is 1. The quantitative estimate of drug-likeness (QED) is 0.810. The first-order chi connectivity index (χ1) is 8.95. The van der Waals surface area contributed by atoms with Crippen LogP contribution in [0.1, 0.15) is 18.4 Å². The number of nitrogens with two attached hydrogens (primary N) is 1. The molecule has 6 nitrogen and oxygen atoms in total. The molecule has 1 aliphatic rings. The number of hydrogen-bond acceptors (Lipinski definition) is 4. The van der Waals surface area contributed by atoms with Gasteiger partial charge in [0, 0.05) is 13.1 Å². The van der Waals surface area contributed by atoms with Gasteiger partial charge in [0.15, 0.2) is 0 Å². The lowest BCUT2D eigenvalue weighted by Gasteiger charge is -2.18. The van der Waals surface area contributed by atoms with Gasteiger partial charge >= 0.3 is 10.2 Å². The lowest BCUT2D eigenvalue weighted by Crippen LogP contribution is -2.33. The molecule has 102 valence electrons. The fourth-order valence-corrected chi connectivity index (χ4v) is 3.25. The molecule has 0 radical (unpaired) electrons. The van der Waals surface area contributed by atoms with E-state index >= 15 is 0 Å². The molecule has 3 N–H and O–H groups in total. The normalized spacial score (nSPS) is 16.2. The number of halogens is 1. The highest BCUT2D eigenvalue weighted by atomic mass is 32.2. The Morgan fingerprint density at radius 2 is 2.00 bits per heavy atom. The van der Waals surface area contributed by atoms with Crippen LogP contribution < -0.4 is 10.5 Å². The fourth-order valence-electron chi connectivity index (χ4n) is 1.93. The molecular weight excluding hydrogens is 271 g/mol. The number of rotatable bonds is 3. The number of nitrogens with one attached hydrogen (secondary N) is 1. The Bertz CT molecular complexity index is 633. The summed E-state index contributed by atoms with van der Waals surface area (Å²) in [5.74, 6) is -0.749. The fraction of sp³-hybridized carbons (Fsp3) is 0.364. The van der Waals surface area contributed by atoms with Crippen LogP contribution in [0.25, 0.3) is 0 Å². The molecule has 8 heteroatoms. The molecule has 0 aromatic heterocycles. The summed E-state index contributed by atoms with van der Waals surface area (Å²) in [6.45, 7) is 0.877. The van der Waals surface area contributed by atoms with Gasteiger partial charge in [0.25, 0.3) is 0 Å². The molecule has 1 fully saturated rings. The van der Waals surface area contributed by atoms with Crippen molar-refractivity contribution in [2.75, 3.05) is 23.5 Å². The first kappa shape index (κ1) is 13.6. The number of benzene rings is 1. The minimum atomic E-state index is -3.72. The standard InChI is InChI=1S/C11H13FN4O2S/c12-9-3-4-10(8(7-13)11(9)14)15-19(17,18)16-5-1-2-6-16/h3-4,15H,1-2,5-6,14H2. The molecule has 1 aromatic rings. The van der Waals surface area contributed by atoms with Crippen LogP contribution in [0, 0.1) is 17.1 Å². The van der Waals surface area contributed by atoms with Crippen molar-refractivity contribution in [1.82, 2.24) is 4.31 Å². The van der Waals surface area contributed by atoms with Crippen molar-refractivity contribution in [2.24, 2.45) is 0 Å². The summed E-state index contributed by atoms with van der Waals surface area (Å²) >= 11 is 0. The molecule has 1 heterocycles. The van der Waals surface area contributed by atoms with Crippen LogP contribution in [0.15, 0.2) is 12.1 Å². The van der Waals surface area contributed by atoms with Crippen molar-refractivity contribution in [3.63, 3.8) is 0 Å². The molecule has 19 heavy (non-hydrogen) atoms. The van der Waals surface area contributed by atoms with Crippen LogP contribution in [0.5, 0.6) is 0 Å². The van der Waals surface area contributed by atoms with E-state index in [1.165, 1.54) is 10.4 Å². The summed E-state index contributed by atoms with van der Waals surface area (Å²) in [7, 11) is -3.72. The minimum absolute atomic E-state index is 0.00620. The van der Waals surface area contributed by atoms with Gasteiger partial charge in [-0.25, -0.2) is 4.39 Å². The van der Waals surface area contributed by atoms with Crippen LogP contribution in [0.3, 0.4) is 0 Å². The second-order valence-corrected chi connectivity index (χ2v) is 5.88. The van der Waals surface area contributed by atoms with Gasteiger partial charge in [0.05, 0.1) is 11.4 Å². The summed E-state index contributed by atoms with van der Waals surface area (Å²) in [4.78, 5) is 0. The number of nitriles is 1. The van der Waals surface area contributed by atoms with E-state index in [0.717, 1.165) is 18.9 Å². The van der Waals surface area contributed by atoms with Crippen molar-refractivity contribution < 1.29 is 12.8 Å². The molecule has 0 bridgehead atoms. The minimum Gasteiger partial charge on any atom is -0.395 e. The second-order valence-electron chi connectivity index (χ2n) is 4.21. The third kappa shape index (κ3) is 2.62. The van der Waals surface area contributed by atoms with Gasteiger partial charge in [0.2, 0.25) is 0 Å². The summed E-state index contributed by atoms with van der Waals surface area (Å²) in [6, 6.07) is 3.93. The van der Waals surface area contributed by atoms with Crippen LogP contribution in [0.4, 0.5) is 15.8 Å². The summed E-state index contributed by atoms with van der Waals surface area (Å²) in [5, 5.41) is 8.94. The van der Waals surface area contributed by atoms with E-state index in [4.69, 9.17) is 11.0 Å². The van der Waals surface area contributed by atoms with Crippen LogP contribution in [0.2, 0.25) is 0 Å². The van der Waals surface area contributed by atoms with E-state index in [9.17, 15) is 12.8 Å². The van der Waals surface area contributed by atoms with Crippen molar-refractivity contribution in [1.29, 1.82) is 5.26 Å². The van der Waals surface area contributed by atoms with E-state index in [-0.39, 0.29) is 16.9 Å². The van der Waals surface area contributed by atoms with Crippen molar-refractivity contribution in [2.45, 2.75) is 12.8 Å². The van der Waals surface area contributed by atoms with Crippen molar-refractivity contribution >= 4 is 21.6 Å². The van der Waals surface area contributed by atoms with Crippen LogP contribution in [-0.2, 0) is 10.2 Å². The maximum atomic E-state index is 13.2. The molecule has 0 spiro atoms. The monoisotopic (exact) mass is 284 g/mol. The summed E-state index contributed by atoms with van der Waals surface area (Å²) in [6.07, 6.45) is 1.61. The average Bonchev–Trinajstić information content (AvgIpc) is 2.88. The second kappa shape index (κ2) is 5.03. The highest BCUT2D eigenvalue weighted by molar-refractivity contribution is 7.90. The van der Waals surface area contributed by atoms with Gasteiger partial charge in [-0.05, 0) is 25.0 Å². The van der Waals surface area contributed by atoms with Gasteiger partial charge in [0.1, 0.15) is 17.4 Å². The molecule has 0 amide bonds. The molecule has 0 atom stereocenters. The third-order valence-electron chi connectivity index (χ3n) is 2.95. The zero-order valence-corrected chi connectivity index (χ0v) is 10.9. The van der Waals surface area contributed by atoms with Gasteiger partial charge in [-0.1, -0.05) is 0 Å². The number of nitrogens with zero attached hydrogens (tertiary/aromatic N) is 2. The largest absolute Gasteiger partial charge is 0.395 e. The summed E-state index contributed by atoms with van der Waals surface area (Å²) in [5.41, 5.74) is 4.85. The highest BCUT2D eigenvalue weighted by Crippen LogP contribution is 2.26. The predicted molar refractivity (Wildman–Crippen MR) is 68.9 cm³/mol. The van der Waals surface area contributed by atoms with E-state index in [2.05, 4.69) is 4.72 Å². The average molecular weight is 284 g/mol. The molecule has 1 aliphatic heterocycles. The zero-order chi connectivity index (χ0) is 14.0. The topological polar surface area (TPSA) is 99.2 Å². The Morgan fingerprint density at radius 1 is 1.37 bits per heavy atom. The molecule has 0 saturated carbocycles. The zero-order valence-electron chi connectivity index (χ0n) is 10.1. The smallest absolute Gasteiger partial charge is 0.301 e. The lowest BCUT2D eigenvalue weighted by molar-refractivity contribution is 0.482. The lowest BCUT2D eigenvalue weighted by atomic mass is 10.1. The first-order valence-corrected chi connectivity index (χ1v) is 7.15. The van der Waals surface area contributed by atoms with Crippen LogP contribution in [-0.4, -0.2) is 25.8 Å². The Labute approximate surface area is 110 Å². The SMILES string of the molecule is N#Cc1c(NS(=O)(=O)N2CCCC2)ccc(F)c1N. The predicted octanol–water partition coefficient (Wildman–Crippen LogP) is 1.03. The maximum Gasteiger partial charge on any atom is 0.301 e. The maximum absolute atomic E-state index is 13.2. The van der Waals surface area contributed by atoms with Crippen molar-refractivity contribution in [3.8, 4) is 6.07 Å². The molecule has 0 unspecified atom stereocenters. The van der Waals surface area contributed by atoms with E-state index in [0.29, 0.717) is 13.1 Å². The molecule has 1 saturated heterocycles. The first-order valence-electron chi connectivity index (χ1n) is 5.71. The third-order valence-corrected chi connectivity index (χ3v) is 4.47. The van der Waals surface area contributed by atoms with E-state index in [1.807, 2.05) is 0 Å². The molecule has 1 aromatic carbocycles. The molecule has 0 aliphatic carbocycles. The molecule has 2 rings (SSSR count). The number of hydrogen-bond donors (Lipinski definition) is 2. The molecular formula is C11H13FN4O2S. The number of anilines is 2. The van der Waals surface area contributed by atoms with Gasteiger partial charge in [-0.3, -0.25) is 4.72 Å². The van der Waals surface area contributed by atoms with E-state index in [1.54, 1.807) is 6.07 Å². The Morgan fingerprint density at radius 3 is 2.58 bits per heavy atom. The van der Waals surface area contributed by atoms with Gasteiger partial charge in [-0.2, -0.15) is 18.0 Å². The van der Waals surface area contributed by atoms with E-state index < -0.39 is 16.0 Å². The Hall–Kier alpha value is -1.85. The van der Waals surface area contributed by atoms with Gasteiger partial charge in [-0.15, -0.1) is 0 Å². The Kier molecular flexibility index (Phi) is 3.59.